The summed E-state index contributed by atoms with van der Waals surface area (Å²) in [4.78, 5) is 15.6. The molecular formula is C30H40N4O2. The van der Waals surface area contributed by atoms with E-state index >= 15 is 0 Å². The number of allylic oxidation sites excluding steroid dienone is 3. The number of nitrogens with one attached hydrogen (secondary N) is 3. The van der Waals surface area contributed by atoms with Crippen LogP contribution < -0.4 is 16.0 Å². The van der Waals surface area contributed by atoms with Gasteiger partial charge < -0.3 is 26.0 Å². The summed E-state index contributed by atoms with van der Waals surface area (Å²) in [5.41, 5.74) is 8.68. The smallest absolute Gasteiger partial charge is 0.251 e. The van der Waals surface area contributed by atoms with Gasteiger partial charge in [0.1, 0.15) is 6.23 Å². The molecule has 1 aliphatic heterocycles. The predicted octanol–water partition coefficient (Wildman–Crippen LogP) is 4.95. The van der Waals surface area contributed by atoms with Crippen LogP contribution in [0.2, 0.25) is 0 Å². The molecule has 0 aromatic heterocycles. The molecule has 1 amide bonds. The summed E-state index contributed by atoms with van der Waals surface area (Å²) in [5.74, 6) is -0.133. The average Bonchev–Trinajstić information content (AvgIpc) is 3.33. The molecule has 4 rings (SSSR count). The number of hydrogen-bond acceptors (Lipinski definition) is 5. The molecule has 6 nitrogen and oxygen atoms in total. The zero-order valence-electron chi connectivity index (χ0n) is 22.2. The van der Waals surface area contributed by atoms with Crippen LogP contribution in [0.1, 0.15) is 61.0 Å². The van der Waals surface area contributed by atoms with E-state index in [1.807, 2.05) is 32.9 Å². The van der Waals surface area contributed by atoms with E-state index < -0.39 is 6.23 Å². The third-order valence-electron chi connectivity index (χ3n) is 7.23. The van der Waals surface area contributed by atoms with E-state index in [-0.39, 0.29) is 12.5 Å². The molecule has 1 aliphatic carbocycles. The van der Waals surface area contributed by atoms with Crippen molar-refractivity contribution in [3.05, 3.63) is 76.0 Å². The Kier molecular flexibility index (Phi) is 8.17. The summed E-state index contributed by atoms with van der Waals surface area (Å²) in [7, 11) is 4.13. The van der Waals surface area contributed by atoms with Gasteiger partial charge in [-0.2, -0.15) is 0 Å². The minimum Gasteiger partial charge on any atom is -0.382 e. The van der Waals surface area contributed by atoms with Crippen molar-refractivity contribution >= 4 is 11.6 Å². The molecule has 1 atom stereocenters. The van der Waals surface area contributed by atoms with Gasteiger partial charge in [0.25, 0.3) is 5.91 Å². The highest BCUT2D eigenvalue weighted by molar-refractivity contribution is 5.99. The van der Waals surface area contributed by atoms with Crippen LogP contribution in [-0.4, -0.2) is 48.8 Å². The normalized spacial score (nSPS) is 18.3. The molecule has 4 N–H and O–H groups in total. The van der Waals surface area contributed by atoms with E-state index in [9.17, 15) is 9.90 Å². The number of rotatable bonds is 8. The van der Waals surface area contributed by atoms with Crippen molar-refractivity contribution < 1.29 is 9.90 Å². The zero-order valence-corrected chi connectivity index (χ0v) is 22.2. The van der Waals surface area contributed by atoms with Crippen LogP contribution in [0.4, 0.5) is 5.69 Å². The van der Waals surface area contributed by atoms with Crippen LogP contribution in [0.3, 0.4) is 0 Å². The summed E-state index contributed by atoms with van der Waals surface area (Å²) in [6, 6.07) is 13.2. The maximum Gasteiger partial charge on any atom is 0.251 e. The lowest BCUT2D eigenvalue weighted by Gasteiger charge is -2.25. The molecule has 2 aliphatic rings. The molecule has 6 heteroatoms. The fraction of sp³-hybridized carbons (Fsp3) is 0.433. The lowest BCUT2D eigenvalue weighted by Crippen LogP contribution is -2.38. The van der Waals surface area contributed by atoms with Crippen molar-refractivity contribution in [2.45, 2.75) is 65.3 Å². The second-order valence-corrected chi connectivity index (χ2v) is 10.5. The second-order valence-electron chi connectivity index (χ2n) is 10.5. The topological polar surface area (TPSA) is 76.6 Å². The van der Waals surface area contributed by atoms with E-state index in [1.54, 1.807) is 0 Å². The maximum absolute atomic E-state index is 13.4. The van der Waals surface area contributed by atoms with Gasteiger partial charge in [-0.1, -0.05) is 37.1 Å². The third-order valence-corrected chi connectivity index (χ3v) is 7.23. The Morgan fingerprint density at radius 1 is 1.06 bits per heavy atom. The van der Waals surface area contributed by atoms with Crippen LogP contribution in [-0.2, 0) is 6.54 Å². The van der Waals surface area contributed by atoms with Gasteiger partial charge in [0.15, 0.2) is 0 Å². The molecule has 36 heavy (non-hydrogen) atoms. The molecule has 1 heterocycles. The molecule has 192 valence electrons. The first-order valence-electron chi connectivity index (χ1n) is 13.0. The third kappa shape index (κ3) is 6.18. The number of benzene rings is 2. The Hall–Kier alpha value is -3.09. The van der Waals surface area contributed by atoms with Crippen LogP contribution in [0, 0.1) is 6.92 Å². The van der Waals surface area contributed by atoms with Crippen molar-refractivity contribution in [3.63, 3.8) is 0 Å². The van der Waals surface area contributed by atoms with Crippen molar-refractivity contribution in [3.8, 4) is 11.1 Å². The number of amides is 1. The molecule has 2 aromatic carbocycles. The van der Waals surface area contributed by atoms with Crippen LogP contribution in [0.25, 0.3) is 11.1 Å². The van der Waals surface area contributed by atoms with Crippen molar-refractivity contribution in [1.82, 2.24) is 15.5 Å². The molecule has 1 unspecified atom stereocenters. The zero-order chi connectivity index (χ0) is 25.8. The molecule has 2 aromatic rings. The molecule has 1 saturated carbocycles. The molecule has 0 spiro atoms. The average molecular weight is 489 g/mol. The van der Waals surface area contributed by atoms with Gasteiger partial charge in [-0.3, -0.25) is 4.79 Å². The van der Waals surface area contributed by atoms with E-state index in [4.69, 9.17) is 0 Å². The fourth-order valence-electron chi connectivity index (χ4n) is 5.21. The largest absolute Gasteiger partial charge is 0.382 e. The van der Waals surface area contributed by atoms with Crippen molar-refractivity contribution in [1.29, 1.82) is 0 Å². The minimum absolute atomic E-state index is 0.133. The van der Waals surface area contributed by atoms with Crippen LogP contribution in [0.5, 0.6) is 0 Å². The standard InChI is InChI=1S/C30H40N4O2/c1-19-14-20(2)32-30(36)27(19)17-31-29(35)26-15-24(23-12-10-22(11-13-23)18-34(4)5)16-28(21(26)3)33-25-8-6-7-9-25/h10-16,25,30,32-33,36H,6-9,17-18H2,1-5H3,(H,31,35). The van der Waals surface area contributed by atoms with Crippen LogP contribution in [0.15, 0.2) is 59.3 Å². The summed E-state index contributed by atoms with van der Waals surface area (Å²) in [6.07, 6.45) is 6.02. The highest BCUT2D eigenvalue weighted by Gasteiger charge is 2.22. The highest BCUT2D eigenvalue weighted by Crippen LogP contribution is 2.32. The minimum atomic E-state index is -0.789. The number of dihydropyridines is 1. The summed E-state index contributed by atoms with van der Waals surface area (Å²) in [6.45, 7) is 7.08. The van der Waals surface area contributed by atoms with Crippen LogP contribution >= 0.6 is 0 Å². The summed E-state index contributed by atoms with van der Waals surface area (Å²) >= 11 is 0. The van der Waals surface area contributed by atoms with Gasteiger partial charge in [0.05, 0.1) is 0 Å². The van der Waals surface area contributed by atoms with Gasteiger partial charge >= 0.3 is 0 Å². The number of aliphatic hydroxyl groups excluding tert-OH is 1. The molecule has 1 fully saturated rings. The van der Waals surface area contributed by atoms with E-state index in [2.05, 4.69) is 65.3 Å². The van der Waals surface area contributed by atoms with Gasteiger partial charge in [0, 0.05) is 41.7 Å². The maximum atomic E-state index is 13.4. The number of anilines is 1. The molecule has 0 radical (unpaired) electrons. The Morgan fingerprint density at radius 3 is 2.39 bits per heavy atom. The number of hydrogen-bond donors (Lipinski definition) is 4. The first kappa shape index (κ1) is 26.0. The number of nitrogens with zero attached hydrogens (tertiary/aromatic N) is 1. The van der Waals surface area contributed by atoms with Gasteiger partial charge in [-0.25, -0.2) is 0 Å². The number of carbonyl (C=O) groups excluding carboxylic acids is 1. The first-order valence-corrected chi connectivity index (χ1v) is 13.0. The number of aliphatic hydroxyl groups is 1. The fourth-order valence-corrected chi connectivity index (χ4v) is 5.21. The molecule has 0 bridgehead atoms. The van der Waals surface area contributed by atoms with E-state index in [1.165, 1.54) is 18.4 Å². The van der Waals surface area contributed by atoms with E-state index in [0.717, 1.165) is 58.6 Å². The molecular weight excluding hydrogens is 448 g/mol. The highest BCUT2D eigenvalue weighted by atomic mass is 16.3. The first-order chi connectivity index (χ1) is 17.2. The Bertz CT molecular complexity index is 1160. The molecule has 0 saturated heterocycles. The van der Waals surface area contributed by atoms with Gasteiger partial charge in [0.2, 0.25) is 0 Å². The summed E-state index contributed by atoms with van der Waals surface area (Å²) < 4.78 is 0. The summed E-state index contributed by atoms with van der Waals surface area (Å²) in [5, 5.41) is 20.3. The Balaban J connectivity index is 1.63. The van der Waals surface area contributed by atoms with Crippen molar-refractivity contribution in [2.24, 2.45) is 0 Å². The van der Waals surface area contributed by atoms with Gasteiger partial charge in [-0.05, 0) is 93.7 Å². The second kappa shape index (κ2) is 11.3. The lowest BCUT2D eigenvalue weighted by molar-refractivity contribution is 0.0952. The monoisotopic (exact) mass is 488 g/mol. The quantitative estimate of drug-likeness (QED) is 0.423. The lowest BCUT2D eigenvalue weighted by atomic mass is 9.96. The van der Waals surface area contributed by atoms with Crippen molar-refractivity contribution in [2.75, 3.05) is 26.0 Å². The van der Waals surface area contributed by atoms with Gasteiger partial charge in [-0.15, -0.1) is 0 Å². The Morgan fingerprint density at radius 2 is 1.75 bits per heavy atom. The van der Waals surface area contributed by atoms with E-state index in [0.29, 0.717) is 11.6 Å². The number of carbonyl (C=O) groups is 1. The Labute approximate surface area is 215 Å². The SMILES string of the molecule is CC1=CC(C)=C(CNC(=O)c2cc(-c3ccc(CN(C)C)cc3)cc(NC3CCCC3)c2C)C(O)N1. The predicted molar refractivity (Wildman–Crippen MR) is 148 cm³/mol.